The van der Waals surface area contributed by atoms with E-state index in [0.717, 1.165) is 22.3 Å². The van der Waals surface area contributed by atoms with Gasteiger partial charge in [0.1, 0.15) is 12.4 Å². The fraction of sp³-hybridized carbons (Fsp3) is 0.304. The first-order chi connectivity index (χ1) is 14.2. The fourth-order valence-electron chi connectivity index (χ4n) is 3.58. The normalized spacial score (nSPS) is 13.0. The predicted octanol–water partition coefficient (Wildman–Crippen LogP) is 3.66. The molecule has 1 amide bonds. The standard InChI is InChI=1S/C23H25N3O3/c1-3-28-11-12-29-21-6-4-5-19-16-26(23(27)22(19)21)14-17-7-9-18(10-8-17)20-13-24-25(2)15-20/h4-10,13,15H,3,11-12,14,16H2,1-2H3. The molecule has 0 bridgehead atoms. The van der Waals surface area contributed by atoms with Gasteiger partial charge < -0.3 is 14.4 Å². The van der Waals surface area contributed by atoms with Crippen molar-refractivity contribution < 1.29 is 14.3 Å². The topological polar surface area (TPSA) is 56.6 Å². The first kappa shape index (κ1) is 19.2. The third-order valence-corrected chi connectivity index (χ3v) is 5.03. The van der Waals surface area contributed by atoms with Crippen LogP contribution in [0.5, 0.6) is 5.75 Å². The minimum atomic E-state index is 0.0170. The summed E-state index contributed by atoms with van der Waals surface area (Å²) in [6.07, 6.45) is 3.84. The molecule has 3 aromatic rings. The number of carbonyl (C=O) groups excluding carboxylic acids is 1. The third kappa shape index (κ3) is 4.17. The number of rotatable bonds is 8. The second-order valence-corrected chi connectivity index (χ2v) is 7.10. The molecule has 6 heteroatoms. The molecule has 0 atom stereocenters. The summed E-state index contributed by atoms with van der Waals surface area (Å²) in [7, 11) is 1.91. The summed E-state index contributed by atoms with van der Waals surface area (Å²) in [5.74, 6) is 0.657. The van der Waals surface area contributed by atoms with Crippen molar-refractivity contribution in [2.75, 3.05) is 19.8 Å². The Morgan fingerprint density at radius 1 is 1.07 bits per heavy atom. The van der Waals surface area contributed by atoms with Gasteiger partial charge in [-0.3, -0.25) is 9.48 Å². The summed E-state index contributed by atoms with van der Waals surface area (Å²) >= 11 is 0. The molecule has 0 saturated heterocycles. The Morgan fingerprint density at radius 2 is 1.90 bits per heavy atom. The molecular formula is C23H25N3O3. The van der Waals surface area contributed by atoms with Crippen molar-refractivity contribution in [2.45, 2.75) is 20.0 Å². The third-order valence-electron chi connectivity index (χ3n) is 5.03. The van der Waals surface area contributed by atoms with Gasteiger partial charge in [0.25, 0.3) is 5.91 Å². The summed E-state index contributed by atoms with van der Waals surface area (Å²) < 4.78 is 12.9. The highest BCUT2D eigenvalue weighted by atomic mass is 16.5. The number of benzene rings is 2. The van der Waals surface area contributed by atoms with Crippen LogP contribution in [0.2, 0.25) is 0 Å². The van der Waals surface area contributed by atoms with Gasteiger partial charge in [0, 0.05) is 38.5 Å². The molecule has 1 aromatic heterocycles. The van der Waals surface area contributed by atoms with Gasteiger partial charge in [-0.2, -0.15) is 5.10 Å². The van der Waals surface area contributed by atoms with Crippen LogP contribution >= 0.6 is 0 Å². The van der Waals surface area contributed by atoms with Crippen LogP contribution in [0.15, 0.2) is 54.9 Å². The average Bonchev–Trinajstić information content (AvgIpc) is 3.30. The molecule has 6 nitrogen and oxygen atoms in total. The lowest BCUT2D eigenvalue weighted by atomic mass is 10.1. The van der Waals surface area contributed by atoms with Crippen LogP contribution < -0.4 is 4.74 Å². The maximum absolute atomic E-state index is 13.0. The molecule has 0 N–H and O–H groups in total. The van der Waals surface area contributed by atoms with E-state index < -0.39 is 0 Å². The summed E-state index contributed by atoms with van der Waals surface area (Å²) in [4.78, 5) is 14.9. The number of ether oxygens (including phenoxy) is 2. The van der Waals surface area contributed by atoms with E-state index in [1.54, 1.807) is 4.68 Å². The van der Waals surface area contributed by atoms with Crippen LogP contribution in [0.3, 0.4) is 0 Å². The Bertz CT molecular complexity index is 995. The molecule has 4 rings (SSSR count). The molecule has 2 aromatic carbocycles. The van der Waals surface area contributed by atoms with E-state index >= 15 is 0 Å². The average molecular weight is 391 g/mol. The van der Waals surface area contributed by atoms with E-state index in [1.807, 2.05) is 49.5 Å². The van der Waals surface area contributed by atoms with Crippen LogP contribution in [-0.2, 0) is 24.9 Å². The molecule has 1 aliphatic heterocycles. The summed E-state index contributed by atoms with van der Waals surface area (Å²) in [6.45, 7) is 4.72. The van der Waals surface area contributed by atoms with Crippen LogP contribution in [0.4, 0.5) is 0 Å². The maximum Gasteiger partial charge on any atom is 0.258 e. The van der Waals surface area contributed by atoms with E-state index in [-0.39, 0.29) is 5.91 Å². The quantitative estimate of drug-likeness (QED) is 0.550. The van der Waals surface area contributed by atoms with Crippen molar-refractivity contribution in [1.82, 2.24) is 14.7 Å². The number of hydrogen-bond donors (Lipinski definition) is 0. The zero-order chi connectivity index (χ0) is 20.2. The lowest BCUT2D eigenvalue weighted by Crippen LogP contribution is -2.23. The molecule has 0 unspecified atom stereocenters. The van der Waals surface area contributed by atoms with Crippen LogP contribution in [0, 0.1) is 0 Å². The van der Waals surface area contributed by atoms with Crippen molar-refractivity contribution in [1.29, 1.82) is 0 Å². The number of nitrogens with zero attached hydrogens (tertiary/aromatic N) is 3. The molecule has 1 aliphatic rings. The molecule has 0 saturated carbocycles. The number of aromatic nitrogens is 2. The monoisotopic (exact) mass is 391 g/mol. The molecule has 0 spiro atoms. The van der Waals surface area contributed by atoms with Gasteiger partial charge in [-0.05, 0) is 29.7 Å². The molecule has 0 radical (unpaired) electrons. The summed E-state index contributed by atoms with van der Waals surface area (Å²) in [5, 5.41) is 4.22. The van der Waals surface area contributed by atoms with E-state index in [1.165, 1.54) is 0 Å². The first-order valence-electron chi connectivity index (χ1n) is 9.85. The minimum Gasteiger partial charge on any atom is -0.490 e. The number of amides is 1. The van der Waals surface area contributed by atoms with Gasteiger partial charge in [0.15, 0.2) is 0 Å². The predicted molar refractivity (Wildman–Crippen MR) is 111 cm³/mol. The SMILES string of the molecule is CCOCCOc1cccc2c1C(=O)N(Cc1ccc(-c3cnn(C)c3)cc1)C2. The Morgan fingerprint density at radius 3 is 2.62 bits per heavy atom. The number of aryl methyl sites for hydroxylation is 1. The molecule has 0 aliphatic carbocycles. The minimum absolute atomic E-state index is 0.0170. The largest absolute Gasteiger partial charge is 0.490 e. The Labute approximate surface area is 170 Å². The van der Waals surface area contributed by atoms with Gasteiger partial charge >= 0.3 is 0 Å². The van der Waals surface area contributed by atoms with Gasteiger partial charge in [-0.15, -0.1) is 0 Å². The summed E-state index contributed by atoms with van der Waals surface area (Å²) in [5.41, 5.74) is 4.98. The Hall–Kier alpha value is -3.12. The van der Waals surface area contributed by atoms with Crippen molar-refractivity contribution in [2.24, 2.45) is 7.05 Å². The highest BCUT2D eigenvalue weighted by Gasteiger charge is 2.30. The van der Waals surface area contributed by atoms with Crippen molar-refractivity contribution in [3.63, 3.8) is 0 Å². The lowest BCUT2D eigenvalue weighted by molar-refractivity contribution is 0.0759. The van der Waals surface area contributed by atoms with Gasteiger partial charge in [0.05, 0.1) is 18.4 Å². The Kier molecular flexibility index (Phi) is 5.62. The highest BCUT2D eigenvalue weighted by Crippen LogP contribution is 2.32. The van der Waals surface area contributed by atoms with Crippen LogP contribution in [0.1, 0.15) is 28.4 Å². The van der Waals surface area contributed by atoms with Gasteiger partial charge in [-0.1, -0.05) is 36.4 Å². The zero-order valence-corrected chi connectivity index (χ0v) is 16.8. The van der Waals surface area contributed by atoms with Crippen molar-refractivity contribution >= 4 is 5.91 Å². The second kappa shape index (κ2) is 8.49. The zero-order valence-electron chi connectivity index (χ0n) is 16.8. The lowest BCUT2D eigenvalue weighted by Gasteiger charge is -2.16. The molecule has 0 fully saturated rings. The van der Waals surface area contributed by atoms with Crippen LogP contribution in [-0.4, -0.2) is 40.4 Å². The smallest absolute Gasteiger partial charge is 0.258 e. The maximum atomic E-state index is 13.0. The van der Waals surface area contributed by atoms with E-state index in [2.05, 4.69) is 29.4 Å². The molecule has 29 heavy (non-hydrogen) atoms. The van der Waals surface area contributed by atoms with Crippen molar-refractivity contribution in [3.05, 3.63) is 71.5 Å². The number of carbonyl (C=O) groups is 1. The van der Waals surface area contributed by atoms with E-state index in [9.17, 15) is 4.79 Å². The molecule has 150 valence electrons. The summed E-state index contributed by atoms with van der Waals surface area (Å²) in [6, 6.07) is 14.1. The fourth-order valence-corrected chi connectivity index (χ4v) is 3.58. The van der Waals surface area contributed by atoms with Gasteiger partial charge in [0.2, 0.25) is 0 Å². The van der Waals surface area contributed by atoms with Crippen molar-refractivity contribution in [3.8, 4) is 16.9 Å². The van der Waals surface area contributed by atoms with E-state index in [0.29, 0.717) is 44.2 Å². The molecule has 2 heterocycles. The van der Waals surface area contributed by atoms with Gasteiger partial charge in [-0.25, -0.2) is 0 Å². The Balaban J connectivity index is 1.44. The first-order valence-corrected chi connectivity index (χ1v) is 9.85. The number of fused-ring (bicyclic) bond motifs is 1. The molecular weight excluding hydrogens is 366 g/mol. The van der Waals surface area contributed by atoms with E-state index in [4.69, 9.17) is 9.47 Å². The number of hydrogen-bond acceptors (Lipinski definition) is 4. The highest BCUT2D eigenvalue weighted by molar-refractivity contribution is 6.01. The van der Waals surface area contributed by atoms with Crippen LogP contribution in [0.25, 0.3) is 11.1 Å². The second-order valence-electron chi connectivity index (χ2n) is 7.10.